The third-order valence-electron chi connectivity index (χ3n) is 8.00. The Labute approximate surface area is 260 Å². The lowest BCUT2D eigenvalue weighted by Gasteiger charge is -2.37. The molecule has 2 saturated heterocycles. The van der Waals surface area contributed by atoms with Crippen LogP contribution < -0.4 is 0 Å². The van der Waals surface area contributed by atoms with Crippen molar-refractivity contribution in [2.75, 3.05) is 26.0 Å². The lowest BCUT2D eigenvalue weighted by Crippen LogP contribution is -2.47. The van der Waals surface area contributed by atoms with Crippen molar-refractivity contribution >= 4 is 16.0 Å². The highest BCUT2D eigenvalue weighted by molar-refractivity contribution is 7.86. The first-order valence-corrected chi connectivity index (χ1v) is 16.8. The van der Waals surface area contributed by atoms with E-state index >= 15 is 0 Å². The number of hydrogen-bond donors (Lipinski definition) is 0. The Morgan fingerprint density at radius 1 is 0.841 bits per heavy atom. The maximum atomic E-state index is 13.1. The Hall–Kier alpha value is -3.12. The van der Waals surface area contributed by atoms with E-state index in [-0.39, 0.29) is 12.5 Å². The van der Waals surface area contributed by atoms with Crippen molar-refractivity contribution in [2.24, 2.45) is 0 Å². The maximum absolute atomic E-state index is 13.1. The number of likely N-dealkylation sites (N-methyl/N-ethyl adjacent to an activating group) is 1. The number of ether oxygens (including phenoxy) is 4. The standard InChI is InChI=1S/C34H41NO8S/c1-6-35(7-2)32(36)31-29(40-31)30-28(41-33(3,4)42-30)27(43-44(5,37)38)23-39-34(24-17-11-8-12-18-24,25-19-13-9-14-20-25)26-21-15-10-16-22-26/h8-22,27-31H,6-7,23H2,1-5H3/t27-,28-,29-,30-,31+/m1/s1. The fourth-order valence-electron chi connectivity index (χ4n) is 6.02. The minimum absolute atomic E-state index is 0.139. The summed E-state index contributed by atoms with van der Waals surface area (Å²) >= 11 is 0. The number of rotatable bonds is 13. The van der Waals surface area contributed by atoms with Gasteiger partial charge in [0.05, 0.1) is 12.9 Å². The normalized spacial score (nSPS) is 23.7. The van der Waals surface area contributed by atoms with Crippen molar-refractivity contribution in [2.45, 2.75) is 69.6 Å². The van der Waals surface area contributed by atoms with Crippen LogP contribution in [0.25, 0.3) is 0 Å². The van der Waals surface area contributed by atoms with E-state index in [9.17, 15) is 13.2 Å². The molecule has 5 rings (SSSR count). The third kappa shape index (κ3) is 6.91. The van der Waals surface area contributed by atoms with Crippen molar-refractivity contribution in [1.29, 1.82) is 0 Å². The Kier molecular flexibility index (Phi) is 9.60. The van der Waals surface area contributed by atoms with Gasteiger partial charge in [0.1, 0.15) is 30.0 Å². The Bertz CT molecular complexity index is 1400. The van der Waals surface area contributed by atoms with Crippen LogP contribution in [0.3, 0.4) is 0 Å². The smallest absolute Gasteiger partial charge is 0.264 e. The first-order valence-electron chi connectivity index (χ1n) is 15.0. The van der Waals surface area contributed by atoms with Crippen LogP contribution in [0.5, 0.6) is 0 Å². The fraction of sp³-hybridized carbons (Fsp3) is 0.441. The van der Waals surface area contributed by atoms with Gasteiger partial charge < -0.3 is 23.8 Å². The zero-order valence-electron chi connectivity index (χ0n) is 25.8. The first kappa shape index (κ1) is 32.3. The Morgan fingerprint density at radius 3 is 1.75 bits per heavy atom. The molecule has 10 heteroatoms. The average molecular weight is 624 g/mol. The van der Waals surface area contributed by atoms with E-state index in [4.69, 9.17) is 23.1 Å². The van der Waals surface area contributed by atoms with Gasteiger partial charge in [-0.15, -0.1) is 0 Å². The van der Waals surface area contributed by atoms with Gasteiger partial charge in [-0.25, -0.2) is 0 Å². The second-order valence-corrected chi connectivity index (χ2v) is 13.1. The quantitative estimate of drug-likeness (QED) is 0.156. The van der Waals surface area contributed by atoms with E-state index < -0.39 is 52.0 Å². The first-order chi connectivity index (χ1) is 21.0. The molecule has 44 heavy (non-hydrogen) atoms. The molecule has 3 aromatic rings. The van der Waals surface area contributed by atoms with E-state index in [1.807, 2.05) is 105 Å². The van der Waals surface area contributed by atoms with E-state index in [1.165, 1.54) is 0 Å². The van der Waals surface area contributed by atoms with Crippen LogP contribution in [0.2, 0.25) is 0 Å². The lowest BCUT2D eigenvalue weighted by molar-refractivity contribution is -0.159. The summed E-state index contributed by atoms with van der Waals surface area (Å²) in [6.07, 6.45) is -3.15. The van der Waals surface area contributed by atoms with Crippen molar-refractivity contribution in [3.63, 3.8) is 0 Å². The predicted octanol–water partition coefficient (Wildman–Crippen LogP) is 4.50. The molecule has 2 fully saturated rings. The minimum Gasteiger partial charge on any atom is -0.358 e. The molecule has 1 amide bonds. The highest BCUT2D eigenvalue weighted by Gasteiger charge is 2.61. The summed E-state index contributed by atoms with van der Waals surface area (Å²) in [6.45, 7) is 8.21. The van der Waals surface area contributed by atoms with Crippen LogP contribution in [-0.2, 0) is 43.6 Å². The summed E-state index contributed by atoms with van der Waals surface area (Å²) in [4.78, 5) is 14.8. The molecule has 2 heterocycles. The van der Waals surface area contributed by atoms with Gasteiger partial charge in [0.2, 0.25) is 0 Å². The average Bonchev–Trinajstić information content (AvgIpc) is 3.74. The van der Waals surface area contributed by atoms with Gasteiger partial charge in [0.15, 0.2) is 11.9 Å². The van der Waals surface area contributed by atoms with E-state index in [2.05, 4.69) is 0 Å². The van der Waals surface area contributed by atoms with E-state index in [0.717, 1.165) is 22.9 Å². The molecule has 0 spiro atoms. The number of carbonyl (C=O) groups is 1. The largest absolute Gasteiger partial charge is 0.358 e. The van der Waals surface area contributed by atoms with Crippen molar-refractivity contribution in [3.05, 3.63) is 108 Å². The van der Waals surface area contributed by atoms with Crippen LogP contribution in [-0.4, -0.2) is 81.5 Å². The fourth-order valence-corrected chi connectivity index (χ4v) is 6.64. The number of nitrogens with zero attached hydrogens (tertiary/aromatic N) is 1. The van der Waals surface area contributed by atoms with Crippen molar-refractivity contribution < 1.29 is 36.3 Å². The van der Waals surface area contributed by atoms with Gasteiger partial charge >= 0.3 is 0 Å². The lowest BCUT2D eigenvalue weighted by atomic mass is 9.80. The summed E-state index contributed by atoms with van der Waals surface area (Å²) in [5.41, 5.74) is 1.44. The van der Waals surface area contributed by atoms with E-state index in [0.29, 0.717) is 13.1 Å². The number of benzene rings is 3. The molecular weight excluding hydrogens is 582 g/mol. The Balaban J connectivity index is 1.53. The number of carbonyl (C=O) groups excluding carboxylic acids is 1. The molecular formula is C34H41NO8S. The molecule has 2 aliphatic rings. The molecule has 0 aromatic heterocycles. The van der Waals surface area contributed by atoms with Gasteiger partial charge in [-0.2, -0.15) is 8.42 Å². The van der Waals surface area contributed by atoms with Gasteiger partial charge in [-0.1, -0.05) is 91.0 Å². The number of epoxide rings is 1. The molecule has 0 unspecified atom stereocenters. The number of hydrogen-bond acceptors (Lipinski definition) is 8. The minimum atomic E-state index is -3.97. The molecule has 0 bridgehead atoms. The van der Waals surface area contributed by atoms with Gasteiger partial charge in [-0.05, 0) is 44.4 Å². The zero-order valence-corrected chi connectivity index (χ0v) is 26.6. The molecule has 0 radical (unpaired) electrons. The van der Waals surface area contributed by atoms with Crippen LogP contribution in [0.1, 0.15) is 44.4 Å². The number of amides is 1. The van der Waals surface area contributed by atoms with Crippen LogP contribution in [0, 0.1) is 0 Å². The van der Waals surface area contributed by atoms with Gasteiger partial charge in [0, 0.05) is 13.1 Å². The van der Waals surface area contributed by atoms with Gasteiger partial charge in [0.25, 0.3) is 16.0 Å². The zero-order chi connectivity index (χ0) is 31.5. The second kappa shape index (κ2) is 13.1. The second-order valence-electron chi connectivity index (χ2n) is 11.5. The molecule has 0 aliphatic carbocycles. The molecule has 0 saturated carbocycles. The summed E-state index contributed by atoms with van der Waals surface area (Å²) in [6, 6.07) is 29.3. The topological polar surface area (TPSA) is 104 Å². The third-order valence-corrected chi connectivity index (χ3v) is 8.60. The molecule has 5 atom stereocenters. The van der Waals surface area contributed by atoms with Crippen molar-refractivity contribution in [1.82, 2.24) is 4.90 Å². The summed E-state index contributed by atoms with van der Waals surface area (Å²) in [7, 11) is -3.97. The molecule has 9 nitrogen and oxygen atoms in total. The van der Waals surface area contributed by atoms with Crippen LogP contribution >= 0.6 is 0 Å². The Morgan fingerprint density at radius 2 is 1.32 bits per heavy atom. The van der Waals surface area contributed by atoms with E-state index in [1.54, 1.807) is 18.7 Å². The van der Waals surface area contributed by atoms with Gasteiger partial charge in [-0.3, -0.25) is 8.98 Å². The molecule has 2 aliphatic heterocycles. The summed E-state index contributed by atoms with van der Waals surface area (Å²) < 4.78 is 56.4. The van der Waals surface area contributed by atoms with Crippen molar-refractivity contribution in [3.8, 4) is 0 Å². The molecule has 0 N–H and O–H groups in total. The molecule has 3 aromatic carbocycles. The highest BCUT2D eigenvalue weighted by Crippen LogP contribution is 2.44. The van der Waals surface area contributed by atoms with Crippen LogP contribution in [0.4, 0.5) is 0 Å². The summed E-state index contributed by atoms with van der Waals surface area (Å²) in [5.74, 6) is -1.22. The highest BCUT2D eigenvalue weighted by atomic mass is 32.2. The maximum Gasteiger partial charge on any atom is 0.264 e. The summed E-state index contributed by atoms with van der Waals surface area (Å²) in [5, 5.41) is 0. The SMILES string of the molecule is CCN(CC)C(=O)[C@H]1O[C@@H]1[C@@H]1OC(C)(C)O[C@@H]1[C@@H](COC(c1ccccc1)(c1ccccc1)c1ccccc1)OS(C)(=O)=O. The monoisotopic (exact) mass is 623 g/mol. The predicted molar refractivity (Wildman–Crippen MR) is 165 cm³/mol. The van der Waals surface area contributed by atoms with Crippen LogP contribution in [0.15, 0.2) is 91.0 Å². The molecule has 236 valence electrons.